The number of hydrazone groups is 1. The normalized spacial score (nSPS) is 17.9. The summed E-state index contributed by atoms with van der Waals surface area (Å²) in [5.41, 5.74) is 0. The van der Waals surface area contributed by atoms with Crippen molar-refractivity contribution < 1.29 is 5.11 Å². The fourth-order valence-electron chi connectivity index (χ4n) is 0.723. The standard InChI is InChI=1S/C5H10N2O/c8-5-4-7-3-1-2-6-7/h2,8H,1,3-5H2. The Hall–Kier alpha value is -0.570. The molecule has 0 fully saturated rings. The van der Waals surface area contributed by atoms with Crippen LogP contribution in [-0.2, 0) is 0 Å². The maximum atomic E-state index is 8.41. The first-order valence-corrected chi connectivity index (χ1v) is 2.82. The topological polar surface area (TPSA) is 35.8 Å². The van der Waals surface area contributed by atoms with Crippen LogP contribution in [0.25, 0.3) is 0 Å². The van der Waals surface area contributed by atoms with Crippen LogP contribution in [0.1, 0.15) is 6.42 Å². The van der Waals surface area contributed by atoms with Crippen molar-refractivity contribution in [2.45, 2.75) is 6.42 Å². The Bertz CT molecular complexity index is 92.4. The van der Waals surface area contributed by atoms with Gasteiger partial charge in [-0.3, -0.25) is 5.01 Å². The van der Waals surface area contributed by atoms with Gasteiger partial charge in [-0.05, 0) is 0 Å². The minimum Gasteiger partial charge on any atom is -0.394 e. The molecule has 0 aromatic carbocycles. The zero-order valence-electron chi connectivity index (χ0n) is 4.75. The van der Waals surface area contributed by atoms with E-state index in [-0.39, 0.29) is 6.61 Å². The molecule has 1 rings (SSSR count). The van der Waals surface area contributed by atoms with Crippen LogP contribution in [0.4, 0.5) is 0 Å². The summed E-state index contributed by atoms with van der Waals surface area (Å²) >= 11 is 0. The summed E-state index contributed by atoms with van der Waals surface area (Å²) in [5, 5.41) is 14.2. The minimum absolute atomic E-state index is 0.206. The number of aliphatic hydroxyl groups excluding tert-OH is 1. The molecule has 1 aliphatic heterocycles. The highest BCUT2D eigenvalue weighted by Gasteiger charge is 2.01. The fourth-order valence-corrected chi connectivity index (χ4v) is 0.723. The van der Waals surface area contributed by atoms with Crippen LogP contribution in [-0.4, -0.2) is 36.0 Å². The van der Waals surface area contributed by atoms with Crippen LogP contribution < -0.4 is 0 Å². The van der Waals surface area contributed by atoms with E-state index in [1.165, 1.54) is 0 Å². The minimum atomic E-state index is 0.206. The van der Waals surface area contributed by atoms with Crippen molar-refractivity contribution in [3.8, 4) is 0 Å². The van der Waals surface area contributed by atoms with Crippen molar-refractivity contribution in [1.29, 1.82) is 0 Å². The van der Waals surface area contributed by atoms with Gasteiger partial charge >= 0.3 is 0 Å². The molecule has 0 bridgehead atoms. The van der Waals surface area contributed by atoms with Crippen LogP contribution >= 0.6 is 0 Å². The van der Waals surface area contributed by atoms with Gasteiger partial charge in [0.2, 0.25) is 0 Å². The number of rotatable bonds is 2. The first-order chi connectivity index (χ1) is 3.93. The van der Waals surface area contributed by atoms with E-state index < -0.39 is 0 Å². The molecule has 0 aromatic heterocycles. The molecule has 3 nitrogen and oxygen atoms in total. The first kappa shape index (κ1) is 5.56. The van der Waals surface area contributed by atoms with E-state index in [4.69, 9.17) is 5.11 Å². The van der Waals surface area contributed by atoms with Crippen LogP contribution in [0.15, 0.2) is 5.10 Å². The number of β-amino-alcohol motifs (C(OH)–C–C–N with tert-alkyl or cyclic N) is 1. The molecule has 0 amide bonds. The zero-order chi connectivity index (χ0) is 5.82. The predicted octanol–water partition coefficient (Wildman–Crippen LogP) is -0.330. The van der Waals surface area contributed by atoms with Gasteiger partial charge in [0, 0.05) is 19.2 Å². The van der Waals surface area contributed by atoms with Crippen LogP contribution in [0, 0.1) is 0 Å². The summed E-state index contributed by atoms with van der Waals surface area (Å²) in [6, 6.07) is 0. The second kappa shape index (κ2) is 2.67. The molecule has 1 heterocycles. The Morgan fingerprint density at radius 3 is 3.12 bits per heavy atom. The lowest BCUT2D eigenvalue weighted by Crippen LogP contribution is -2.17. The Balaban J connectivity index is 2.16. The molecule has 0 aromatic rings. The van der Waals surface area contributed by atoms with Gasteiger partial charge in [0.1, 0.15) is 0 Å². The molecule has 0 saturated carbocycles. The Kier molecular flexibility index (Phi) is 1.86. The van der Waals surface area contributed by atoms with E-state index in [9.17, 15) is 0 Å². The van der Waals surface area contributed by atoms with Crippen molar-refractivity contribution in [1.82, 2.24) is 5.01 Å². The SMILES string of the molecule is OCCN1CCC=N1. The molecule has 0 atom stereocenters. The molecular weight excluding hydrogens is 104 g/mol. The Labute approximate surface area is 48.6 Å². The summed E-state index contributed by atoms with van der Waals surface area (Å²) in [4.78, 5) is 0. The largest absolute Gasteiger partial charge is 0.394 e. The lowest BCUT2D eigenvalue weighted by atomic mass is 10.5. The molecular formula is C5H10N2O. The van der Waals surface area contributed by atoms with E-state index >= 15 is 0 Å². The van der Waals surface area contributed by atoms with E-state index in [1.54, 1.807) is 0 Å². The summed E-state index contributed by atoms with van der Waals surface area (Å²) in [7, 11) is 0. The Morgan fingerprint density at radius 1 is 1.75 bits per heavy atom. The van der Waals surface area contributed by atoms with Gasteiger partial charge in [0.15, 0.2) is 0 Å². The highest BCUT2D eigenvalue weighted by atomic mass is 16.3. The maximum absolute atomic E-state index is 8.41. The number of aliphatic hydroxyl groups is 1. The van der Waals surface area contributed by atoms with Crippen molar-refractivity contribution in [3.05, 3.63) is 0 Å². The molecule has 0 saturated heterocycles. The molecule has 0 spiro atoms. The highest BCUT2D eigenvalue weighted by molar-refractivity contribution is 5.58. The van der Waals surface area contributed by atoms with E-state index in [0.29, 0.717) is 6.54 Å². The third-order valence-corrected chi connectivity index (χ3v) is 1.12. The third-order valence-electron chi connectivity index (χ3n) is 1.12. The average Bonchev–Trinajstić information content (AvgIpc) is 2.19. The fraction of sp³-hybridized carbons (Fsp3) is 0.800. The second-order valence-corrected chi connectivity index (χ2v) is 1.76. The van der Waals surface area contributed by atoms with Crippen LogP contribution in [0.3, 0.4) is 0 Å². The highest BCUT2D eigenvalue weighted by Crippen LogP contribution is 1.96. The molecule has 3 heteroatoms. The smallest absolute Gasteiger partial charge is 0.0623 e. The van der Waals surface area contributed by atoms with Crippen molar-refractivity contribution in [2.24, 2.45) is 5.10 Å². The van der Waals surface area contributed by atoms with Gasteiger partial charge in [-0.2, -0.15) is 5.10 Å². The summed E-state index contributed by atoms with van der Waals surface area (Å²) in [5.74, 6) is 0. The molecule has 0 radical (unpaired) electrons. The van der Waals surface area contributed by atoms with E-state index in [0.717, 1.165) is 13.0 Å². The monoisotopic (exact) mass is 114 g/mol. The summed E-state index contributed by atoms with van der Waals surface area (Å²) < 4.78 is 0. The molecule has 0 unspecified atom stereocenters. The lowest BCUT2D eigenvalue weighted by Gasteiger charge is -2.09. The van der Waals surface area contributed by atoms with Gasteiger partial charge in [-0.1, -0.05) is 0 Å². The van der Waals surface area contributed by atoms with Gasteiger partial charge in [-0.15, -0.1) is 0 Å². The second-order valence-electron chi connectivity index (χ2n) is 1.76. The number of hydrogen-bond acceptors (Lipinski definition) is 3. The molecule has 1 aliphatic rings. The lowest BCUT2D eigenvalue weighted by molar-refractivity contribution is 0.213. The molecule has 46 valence electrons. The van der Waals surface area contributed by atoms with E-state index in [1.807, 2.05) is 11.2 Å². The molecule has 0 aliphatic carbocycles. The number of nitrogens with zero attached hydrogens (tertiary/aromatic N) is 2. The first-order valence-electron chi connectivity index (χ1n) is 2.82. The average molecular weight is 114 g/mol. The van der Waals surface area contributed by atoms with Gasteiger partial charge < -0.3 is 5.11 Å². The van der Waals surface area contributed by atoms with Crippen molar-refractivity contribution in [3.63, 3.8) is 0 Å². The van der Waals surface area contributed by atoms with Crippen molar-refractivity contribution in [2.75, 3.05) is 19.7 Å². The predicted molar refractivity (Wildman–Crippen MR) is 31.8 cm³/mol. The number of hydrogen-bond donors (Lipinski definition) is 1. The summed E-state index contributed by atoms with van der Waals surface area (Å²) in [6.45, 7) is 1.86. The summed E-state index contributed by atoms with van der Waals surface area (Å²) in [6.07, 6.45) is 2.90. The van der Waals surface area contributed by atoms with Gasteiger partial charge in [0.05, 0.1) is 13.2 Å². The van der Waals surface area contributed by atoms with Crippen LogP contribution in [0.5, 0.6) is 0 Å². The Morgan fingerprint density at radius 2 is 2.62 bits per heavy atom. The third kappa shape index (κ3) is 1.20. The van der Waals surface area contributed by atoms with Gasteiger partial charge in [-0.25, -0.2) is 0 Å². The molecule has 8 heavy (non-hydrogen) atoms. The van der Waals surface area contributed by atoms with Gasteiger partial charge in [0.25, 0.3) is 0 Å². The molecule has 1 N–H and O–H groups in total. The van der Waals surface area contributed by atoms with E-state index in [2.05, 4.69) is 5.10 Å². The maximum Gasteiger partial charge on any atom is 0.0623 e. The van der Waals surface area contributed by atoms with Crippen molar-refractivity contribution >= 4 is 6.21 Å². The quantitative estimate of drug-likeness (QED) is 0.533. The van der Waals surface area contributed by atoms with Crippen LogP contribution in [0.2, 0.25) is 0 Å². The zero-order valence-corrected chi connectivity index (χ0v) is 4.75.